The van der Waals surface area contributed by atoms with E-state index in [4.69, 9.17) is 9.47 Å². The third-order valence-electron chi connectivity index (χ3n) is 3.12. The van der Waals surface area contributed by atoms with Crippen molar-refractivity contribution in [3.05, 3.63) is 18.1 Å². The molecule has 0 aliphatic heterocycles. The zero-order valence-corrected chi connectivity index (χ0v) is 12.3. The van der Waals surface area contributed by atoms with Crippen LogP contribution in [0.25, 0.3) is 0 Å². The van der Waals surface area contributed by atoms with Gasteiger partial charge in [0.2, 0.25) is 5.88 Å². The van der Waals surface area contributed by atoms with Crippen molar-refractivity contribution in [3.63, 3.8) is 0 Å². The summed E-state index contributed by atoms with van der Waals surface area (Å²) in [5.41, 5.74) is 0.877. The van der Waals surface area contributed by atoms with Crippen molar-refractivity contribution in [3.8, 4) is 5.88 Å². The lowest BCUT2D eigenvalue weighted by molar-refractivity contribution is 0.105. The summed E-state index contributed by atoms with van der Waals surface area (Å²) in [6, 6.07) is 0.154. The predicted octanol–water partition coefficient (Wildman–Crippen LogP) is 2.34. The van der Waals surface area contributed by atoms with Gasteiger partial charge in [-0.15, -0.1) is 0 Å². The highest BCUT2D eigenvalue weighted by molar-refractivity contribution is 5.21. The molecule has 19 heavy (non-hydrogen) atoms. The van der Waals surface area contributed by atoms with E-state index in [9.17, 15) is 0 Å². The Morgan fingerprint density at radius 1 is 1.21 bits per heavy atom. The van der Waals surface area contributed by atoms with E-state index in [1.54, 1.807) is 26.6 Å². The maximum Gasteiger partial charge on any atom is 0.236 e. The Morgan fingerprint density at radius 3 is 2.58 bits per heavy atom. The molecular formula is C14H25N3O2. The number of rotatable bonds is 9. The van der Waals surface area contributed by atoms with Gasteiger partial charge in [-0.3, -0.25) is 4.98 Å². The summed E-state index contributed by atoms with van der Waals surface area (Å²) in [5.74, 6) is 0.598. The Bertz CT molecular complexity index is 360. The quantitative estimate of drug-likeness (QED) is 0.744. The average Bonchev–Trinajstić information content (AvgIpc) is 2.47. The Balaban J connectivity index is 2.76. The Labute approximate surface area is 115 Å². The van der Waals surface area contributed by atoms with Crippen molar-refractivity contribution in [2.45, 2.75) is 45.3 Å². The van der Waals surface area contributed by atoms with Crippen LogP contribution in [0.3, 0.4) is 0 Å². The molecule has 2 unspecified atom stereocenters. The minimum absolute atomic E-state index is 0.154. The predicted molar refractivity (Wildman–Crippen MR) is 75.3 cm³/mol. The summed E-state index contributed by atoms with van der Waals surface area (Å²) in [4.78, 5) is 8.63. The molecule has 5 heteroatoms. The first-order valence-corrected chi connectivity index (χ1v) is 6.84. The molecule has 108 valence electrons. The van der Waals surface area contributed by atoms with Gasteiger partial charge in [0, 0.05) is 19.5 Å². The number of ether oxygens (including phenoxy) is 2. The smallest absolute Gasteiger partial charge is 0.236 e. The van der Waals surface area contributed by atoms with Gasteiger partial charge >= 0.3 is 0 Å². The second kappa shape index (κ2) is 8.82. The molecule has 1 heterocycles. The lowest BCUT2D eigenvalue weighted by Gasteiger charge is -2.20. The largest absolute Gasteiger partial charge is 0.480 e. The summed E-state index contributed by atoms with van der Waals surface area (Å²) in [6.07, 6.45) is 6.60. The van der Waals surface area contributed by atoms with Crippen LogP contribution in [-0.2, 0) is 4.74 Å². The maximum absolute atomic E-state index is 5.30. The minimum Gasteiger partial charge on any atom is -0.480 e. The summed E-state index contributed by atoms with van der Waals surface area (Å²) in [6.45, 7) is 5.17. The normalized spacial score (nSPS) is 14.1. The van der Waals surface area contributed by atoms with Gasteiger partial charge in [-0.1, -0.05) is 6.92 Å². The second-order valence-electron chi connectivity index (χ2n) is 4.58. The van der Waals surface area contributed by atoms with Crippen LogP contribution in [0.4, 0.5) is 0 Å². The molecule has 1 aromatic rings. The number of aromatic nitrogens is 2. The van der Waals surface area contributed by atoms with Gasteiger partial charge in [-0.2, -0.15) is 0 Å². The summed E-state index contributed by atoms with van der Waals surface area (Å²) < 4.78 is 10.6. The summed E-state index contributed by atoms with van der Waals surface area (Å²) >= 11 is 0. The summed E-state index contributed by atoms with van der Waals surface area (Å²) in [7, 11) is 3.37. The first-order chi connectivity index (χ1) is 9.22. The van der Waals surface area contributed by atoms with Gasteiger partial charge in [0.05, 0.1) is 19.3 Å². The standard InChI is InChI=1S/C14H25N3O2/c1-5-8-15-12(7-6-11(2)18-3)13-14(19-4)17-10-9-16-13/h9-12,15H,5-8H2,1-4H3. The number of nitrogens with zero attached hydrogens (tertiary/aromatic N) is 2. The van der Waals surface area contributed by atoms with Gasteiger partial charge < -0.3 is 14.8 Å². The van der Waals surface area contributed by atoms with E-state index in [1.165, 1.54) is 0 Å². The van der Waals surface area contributed by atoms with Gasteiger partial charge in [0.15, 0.2) is 0 Å². The molecule has 0 radical (unpaired) electrons. The fraction of sp³-hybridized carbons (Fsp3) is 0.714. The monoisotopic (exact) mass is 267 g/mol. The van der Waals surface area contributed by atoms with E-state index in [-0.39, 0.29) is 12.1 Å². The van der Waals surface area contributed by atoms with Crippen molar-refractivity contribution >= 4 is 0 Å². The van der Waals surface area contributed by atoms with Crippen molar-refractivity contribution < 1.29 is 9.47 Å². The summed E-state index contributed by atoms with van der Waals surface area (Å²) in [5, 5.41) is 3.50. The van der Waals surface area contributed by atoms with Crippen LogP contribution in [0.5, 0.6) is 5.88 Å². The molecular weight excluding hydrogens is 242 g/mol. The fourth-order valence-corrected chi connectivity index (χ4v) is 1.91. The highest BCUT2D eigenvalue weighted by Gasteiger charge is 2.18. The topological polar surface area (TPSA) is 56.3 Å². The van der Waals surface area contributed by atoms with Gasteiger partial charge in [-0.25, -0.2) is 4.98 Å². The van der Waals surface area contributed by atoms with Crippen molar-refractivity contribution in [2.75, 3.05) is 20.8 Å². The Kier molecular flexibility index (Phi) is 7.36. The molecule has 2 atom stereocenters. The van der Waals surface area contributed by atoms with Crippen LogP contribution >= 0.6 is 0 Å². The first-order valence-electron chi connectivity index (χ1n) is 6.84. The molecule has 0 spiro atoms. The third-order valence-corrected chi connectivity index (χ3v) is 3.12. The van der Waals surface area contributed by atoms with E-state index in [2.05, 4.69) is 29.1 Å². The van der Waals surface area contributed by atoms with Crippen molar-refractivity contribution in [1.29, 1.82) is 0 Å². The molecule has 5 nitrogen and oxygen atoms in total. The van der Waals surface area contributed by atoms with Gasteiger partial charge in [-0.05, 0) is 32.7 Å². The van der Waals surface area contributed by atoms with Gasteiger partial charge in [0.25, 0.3) is 0 Å². The Hall–Kier alpha value is -1.20. The van der Waals surface area contributed by atoms with Crippen LogP contribution in [0, 0.1) is 0 Å². The van der Waals surface area contributed by atoms with Crippen LogP contribution in [0.1, 0.15) is 44.8 Å². The van der Waals surface area contributed by atoms with Gasteiger partial charge in [0.1, 0.15) is 5.69 Å². The van der Waals surface area contributed by atoms with Crippen LogP contribution < -0.4 is 10.1 Å². The van der Waals surface area contributed by atoms with Crippen LogP contribution in [0.2, 0.25) is 0 Å². The third kappa shape index (κ3) is 5.12. The second-order valence-corrected chi connectivity index (χ2v) is 4.58. The highest BCUT2D eigenvalue weighted by atomic mass is 16.5. The molecule has 1 N–H and O–H groups in total. The highest BCUT2D eigenvalue weighted by Crippen LogP contribution is 2.24. The zero-order chi connectivity index (χ0) is 14.1. The number of methoxy groups -OCH3 is 2. The Morgan fingerprint density at radius 2 is 1.95 bits per heavy atom. The fourth-order valence-electron chi connectivity index (χ4n) is 1.91. The molecule has 0 aliphatic rings. The van der Waals surface area contributed by atoms with E-state index < -0.39 is 0 Å². The van der Waals surface area contributed by atoms with Crippen molar-refractivity contribution in [1.82, 2.24) is 15.3 Å². The lowest BCUT2D eigenvalue weighted by Crippen LogP contribution is -2.25. The number of nitrogens with one attached hydrogen (secondary N) is 1. The van der Waals surface area contributed by atoms with E-state index in [0.29, 0.717) is 5.88 Å². The number of hydrogen-bond donors (Lipinski definition) is 1. The lowest BCUT2D eigenvalue weighted by atomic mass is 10.1. The minimum atomic E-state index is 0.154. The molecule has 1 rings (SSSR count). The van der Waals surface area contributed by atoms with Crippen LogP contribution in [0.15, 0.2) is 12.4 Å². The molecule has 0 fully saturated rings. The molecule has 0 bridgehead atoms. The van der Waals surface area contributed by atoms with E-state index in [0.717, 1.165) is 31.5 Å². The maximum atomic E-state index is 5.30. The first kappa shape index (κ1) is 15.9. The molecule has 0 saturated heterocycles. The average molecular weight is 267 g/mol. The number of hydrogen-bond acceptors (Lipinski definition) is 5. The SMILES string of the molecule is CCCNC(CCC(C)OC)c1nccnc1OC. The molecule has 0 aromatic carbocycles. The zero-order valence-electron chi connectivity index (χ0n) is 12.3. The molecule has 0 saturated carbocycles. The van der Waals surface area contributed by atoms with E-state index >= 15 is 0 Å². The van der Waals surface area contributed by atoms with E-state index in [1.807, 2.05) is 0 Å². The van der Waals surface area contributed by atoms with Crippen molar-refractivity contribution in [2.24, 2.45) is 0 Å². The molecule has 0 aliphatic carbocycles. The molecule has 0 amide bonds. The molecule has 1 aromatic heterocycles. The van der Waals surface area contributed by atoms with Crippen LogP contribution in [-0.4, -0.2) is 36.8 Å².